The van der Waals surface area contributed by atoms with Crippen molar-refractivity contribution in [3.8, 4) is 0 Å². The van der Waals surface area contributed by atoms with Gasteiger partial charge in [-0.05, 0) is 62.8 Å². The highest BCUT2D eigenvalue weighted by atomic mass is 32.2. The molecule has 1 aromatic carbocycles. The molecule has 3 amide bonds. The van der Waals surface area contributed by atoms with Crippen LogP contribution in [0.3, 0.4) is 0 Å². The van der Waals surface area contributed by atoms with E-state index in [0.29, 0.717) is 11.2 Å². The molecule has 5 nitrogen and oxygen atoms in total. The van der Waals surface area contributed by atoms with E-state index in [-0.39, 0.29) is 18.0 Å². The lowest BCUT2D eigenvalue weighted by Gasteiger charge is -2.35. The molecule has 166 valence electrons. The summed E-state index contributed by atoms with van der Waals surface area (Å²) in [4.78, 5) is 28.5. The summed E-state index contributed by atoms with van der Waals surface area (Å²) in [5.41, 5.74) is 1.93. The second-order valence-electron chi connectivity index (χ2n) is 8.85. The third kappa shape index (κ3) is 6.40. The van der Waals surface area contributed by atoms with E-state index in [1.807, 2.05) is 29.7 Å². The van der Waals surface area contributed by atoms with Gasteiger partial charge in [-0.3, -0.25) is 4.79 Å². The van der Waals surface area contributed by atoms with Crippen molar-refractivity contribution in [2.24, 2.45) is 5.92 Å². The maximum Gasteiger partial charge on any atom is 0.319 e. The Morgan fingerprint density at radius 3 is 2.47 bits per heavy atom. The number of hydrogen-bond donors (Lipinski definition) is 2. The van der Waals surface area contributed by atoms with E-state index in [2.05, 4.69) is 36.6 Å². The zero-order chi connectivity index (χ0) is 21.5. The summed E-state index contributed by atoms with van der Waals surface area (Å²) in [6.07, 6.45) is 8.53. The lowest BCUT2D eigenvalue weighted by molar-refractivity contribution is -0.137. The molecular formula is C24H37N3O2S. The van der Waals surface area contributed by atoms with Crippen molar-refractivity contribution in [3.63, 3.8) is 0 Å². The van der Waals surface area contributed by atoms with Crippen molar-refractivity contribution in [1.29, 1.82) is 0 Å². The van der Waals surface area contributed by atoms with Gasteiger partial charge in [0.15, 0.2) is 0 Å². The summed E-state index contributed by atoms with van der Waals surface area (Å²) in [6, 6.07) is 6.18. The molecule has 1 saturated carbocycles. The molecule has 2 aliphatic rings. The molecule has 0 radical (unpaired) electrons. The Bertz CT molecular complexity index is 725. The molecule has 1 saturated heterocycles. The molecule has 1 atom stereocenters. The van der Waals surface area contributed by atoms with Crippen LogP contribution in [0.5, 0.6) is 0 Å². The minimum Gasteiger partial charge on any atom is -0.342 e. The van der Waals surface area contributed by atoms with Crippen LogP contribution in [0.15, 0.2) is 23.1 Å². The molecule has 0 aromatic heterocycles. The predicted molar refractivity (Wildman–Crippen MR) is 125 cm³/mol. The van der Waals surface area contributed by atoms with E-state index in [4.69, 9.17) is 0 Å². The topological polar surface area (TPSA) is 61.4 Å². The highest BCUT2D eigenvalue weighted by Crippen LogP contribution is 2.29. The van der Waals surface area contributed by atoms with Crippen molar-refractivity contribution < 1.29 is 9.59 Å². The number of thioether (sulfide) groups is 1. The average molecular weight is 432 g/mol. The summed E-state index contributed by atoms with van der Waals surface area (Å²) in [7, 11) is 0. The number of carbonyl (C=O) groups excluding carboxylic acids is 2. The highest BCUT2D eigenvalue weighted by molar-refractivity contribution is 7.99. The van der Waals surface area contributed by atoms with E-state index >= 15 is 0 Å². The first-order valence-corrected chi connectivity index (χ1v) is 12.5. The minimum absolute atomic E-state index is 0.126. The Hall–Kier alpha value is -1.69. The van der Waals surface area contributed by atoms with E-state index in [9.17, 15) is 9.59 Å². The lowest BCUT2D eigenvalue weighted by atomic mass is 9.87. The van der Waals surface area contributed by atoms with Crippen molar-refractivity contribution >= 4 is 29.4 Å². The van der Waals surface area contributed by atoms with E-state index < -0.39 is 0 Å². The Labute approximate surface area is 185 Å². The maximum atomic E-state index is 12.7. The van der Waals surface area contributed by atoms with Crippen LogP contribution in [0, 0.1) is 12.8 Å². The Morgan fingerprint density at radius 2 is 1.83 bits per heavy atom. The molecule has 6 heteroatoms. The van der Waals surface area contributed by atoms with Gasteiger partial charge < -0.3 is 15.5 Å². The van der Waals surface area contributed by atoms with Crippen LogP contribution in [0.1, 0.15) is 70.8 Å². The van der Waals surface area contributed by atoms with Gasteiger partial charge in [0.1, 0.15) is 0 Å². The molecule has 1 aliphatic carbocycles. The third-order valence-corrected chi connectivity index (χ3v) is 7.72. The maximum absolute atomic E-state index is 12.7. The van der Waals surface area contributed by atoms with Crippen molar-refractivity contribution in [1.82, 2.24) is 10.2 Å². The Balaban J connectivity index is 1.44. The number of piperidine rings is 1. The molecular weight excluding hydrogens is 394 g/mol. The largest absolute Gasteiger partial charge is 0.342 e. The summed E-state index contributed by atoms with van der Waals surface area (Å²) >= 11 is 1.87. The Kier molecular flexibility index (Phi) is 8.49. The predicted octanol–water partition coefficient (Wildman–Crippen LogP) is 5.58. The highest BCUT2D eigenvalue weighted by Gasteiger charge is 2.29. The van der Waals surface area contributed by atoms with Crippen molar-refractivity contribution in [3.05, 3.63) is 23.8 Å². The second kappa shape index (κ2) is 11.1. The number of rotatable bonds is 6. The normalized spacial score (nSPS) is 19.4. The van der Waals surface area contributed by atoms with Gasteiger partial charge in [0.2, 0.25) is 5.91 Å². The summed E-state index contributed by atoms with van der Waals surface area (Å²) in [5.74, 6) is 0.569. The summed E-state index contributed by atoms with van der Waals surface area (Å²) < 4.78 is 0. The fourth-order valence-corrected chi connectivity index (χ4v) is 5.38. The van der Waals surface area contributed by atoms with Gasteiger partial charge in [-0.15, -0.1) is 11.8 Å². The lowest BCUT2D eigenvalue weighted by Crippen LogP contribution is -2.49. The van der Waals surface area contributed by atoms with Crippen LogP contribution in [-0.4, -0.2) is 41.2 Å². The number of amides is 3. The van der Waals surface area contributed by atoms with Gasteiger partial charge in [-0.25, -0.2) is 4.79 Å². The molecule has 2 fully saturated rings. The number of likely N-dealkylation sites (tertiary alicyclic amines) is 1. The Morgan fingerprint density at radius 1 is 1.13 bits per heavy atom. The first kappa shape index (κ1) is 23.0. The molecule has 3 rings (SSSR count). The number of nitrogens with zero attached hydrogens (tertiary/aromatic N) is 1. The zero-order valence-electron chi connectivity index (χ0n) is 18.7. The SMILES string of the molecule is CCC(C)Sc1ccc(NC(=O)NC2CCN(C(=O)C3CCCCC3)CC2)c(C)c1. The van der Waals surface area contributed by atoms with Crippen molar-refractivity contribution in [2.45, 2.75) is 88.3 Å². The van der Waals surface area contributed by atoms with Gasteiger partial charge in [0.25, 0.3) is 0 Å². The number of carbonyl (C=O) groups is 2. The number of nitrogens with one attached hydrogen (secondary N) is 2. The fourth-order valence-electron chi connectivity index (χ4n) is 4.36. The number of urea groups is 1. The number of benzene rings is 1. The quantitative estimate of drug-likeness (QED) is 0.578. The first-order chi connectivity index (χ1) is 14.5. The number of anilines is 1. The molecule has 0 spiro atoms. The summed E-state index contributed by atoms with van der Waals surface area (Å²) in [6.45, 7) is 7.96. The number of aryl methyl sites for hydroxylation is 1. The molecule has 1 aromatic rings. The number of hydrogen-bond acceptors (Lipinski definition) is 3. The minimum atomic E-state index is -0.155. The molecule has 30 heavy (non-hydrogen) atoms. The monoisotopic (exact) mass is 431 g/mol. The van der Waals surface area contributed by atoms with E-state index in [1.54, 1.807) is 0 Å². The van der Waals surface area contributed by atoms with Crippen LogP contribution >= 0.6 is 11.8 Å². The molecule has 0 bridgehead atoms. The fraction of sp³-hybridized carbons (Fsp3) is 0.667. The van der Waals surface area contributed by atoms with Gasteiger partial charge in [0.05, 0.1) is 0 Å². The van der Waals surface area contributed by atoms with Crippen molar-refractivity contribution in [2.75, 3.05) is 18.4 Å². The van der Waals surface area contributed by atoms with Gasteiger partial charge in [0, 0.05) is 40.9 Å². The van der Waals surface area contributed by atoms with E-state index in [1.165, 1.54) is 24.2 Å². The smallest absolute Gasteiger partial charge is 0.319 e. The molecule has 2 N–H and O–H groups in total. The second-order valence-corrected chi connectivity index (χ2v) is 10.4. The standard InChI is InChI=1S/C24H37N3O2S/c1-4-18(3)30-21-10-11-22(17(2)16-21)26-24(29)25-20-12-14-27(15-13-20)23(28)19-8-6-5-7-9-19/h10-11,16,18-20H,4-9,12-15H2,1-3H3,(H2,25,26,29). The van der Waals surface area contributed by atoms with Crippen LogP contribution in [0.4, 0.5) is 10.5 Å². The summed E-state index contributed by atoms with van der Waals surface area (Å²) in [5, 5.41) is 6.68. The van der Waals surface area contributed by atoms with Crippen LogP contribution in [0.25, 0.3) is 0 Å². The van der Waals surface area contributed by atoms with E-state index in [0.717, 1.165) is 56.4 Å². The third-order valence-electron chi connectivity index (χ3n) is 6.45. The molecule has 1 heterocycles. The molecule has 1 unspecified atom stereocenters. The molecule has 1 aliphatic heterocycles. The first-order valence-electron chi connectivity index (χ1n) is 11.6. The zero-order valence-corrected chi connectivity index (χ0v) is 19.5. The average Bonchev–Trinajstić information content (AvgIpc) is 2.76. The van der Waals surface area contributed by atoms with Gasteiger partial charge >= 0.3 is 6.03 Å². The van der Waals surface area contributed by atoms with Crippen LogP contribution in [0.2, 0.25) is 0 Å². The van der Waals surface area contributed by atoms with Crippen LogP contribution in [-0.2, 0) is 4.79 Å². The van der Waals surface area contributed by atoms with Gasteiger partial charge in [-0.1, -0.05) is 33.1 Å². The van der Waals surface area contributed by atoms with Gasteiger partial charge in [-0.2, -0.15) is 0 Å². The van der Waals surface area contributed by atoms with Crippen LogP contribution < -0.4 is 10.6 Å².